The van der Waals surface area contributed by atoms with E-state index in [4.69, 9.17) is 4.74 Å². The van der Waals surface area contributed by atoms with E-state index in [1.165, 1.54) is 12.1 Å². The van der Waals surface area contributed by atoms with Crippen molar-refractivity contribution in [1.82, 2.24) is 5.32 Å². The highest BCUT2D eigenvalue weighted by atomic mass is 19.1. The van der Waals surface area contributed by atoms with Crippen molar-refractivity contribution in [3.63, 3.8) is 0 Å². The third-order valence-corrected chi connectivity index (χ3v) is 3.61. The molecule has 0 saturated heterocycles. The Morgan fingerprint density at radius 3 is 2.85 bits per heavy atom. The van der Waals surface area contributed by atoms with E-state index in [9.17, 15) is 14.3 Å². The summed E-state index contributed by atoms with van der Waals surface area (Å²) in [6, 6.07) is 5.76. The Morgan fingerprint density at radius 1 is 1.55 bits per heavy atom. The lowest BCUT2D eigenvalue weighted by Gasteiger charge is -2.30. The van der Waals surface area contributed by atoms with E-state index in [0.29, 0.717) is 12.3 Å². The Balaban J connectivity index is 2.09. The van der Waals surface area contributed by atoms with Crippen molar-refractivity contribution in [2.45, 2.75) is 31.7 Å². The summed E-state index contributed by atoms with van der Waals surface area (Å²) in [6.07, 6.45) is 2.62. The van der Waals surface area contributed by atoms with Gasteiger partial charge in [-0.3, -0.25) is 10.1 Å². The zero-order valence-electron chi connectivity index (χ0n) is 11.6. The number of ether oxygens (including phenoxy) is 1. The maximum Gasteiger partial charge on any atom is 0.327 e. The molecule has 1 unspecified atom stereocenters. The highest BCUT2D eigenvalue weighted by Crippen LogP contribution is 2.40. The number of aliphatic carboxylic acids is 1. The molecule has 0 aliphatic heterocycles. The molecule has 1 fully saturated rings. The molecule has 0 radical (unpaired) electrons. The molecule has 5 heteroatoms. The van der Waals surface area contributed by atoms with E-state index in [0.717, 1.165) is 19.3 Å². The van der Waals surface area contributed by atoms with E-state index in [1.807, 2.05) is 6.92 Å². The molecule has 1 aliphatic rings. The van der Waals surface area contributed by atoms with Gasteiger partial charge in [-0.25, -0.2) is 4.39 Å². The van der Waals surface area contributed by atoms with Crippen LogP contribution in [0.4, 0.5) is 4.39 Å². The Hall–Kier alpha value is -1.62. The summed E-state index contributed by atoms with van der Waals surface area (Å²) in [5.74, 6) is -0.851. The molecule has 2 N–H and O–H groups in total. The lowest BCUT2D eigenvalue weighted by atomic mass is 9.94. The average molecular weight is 281 g/mol. The van der Waals surface area contributed by atoms with Crippen LogP contribution in [-0.2, 0) is 4.79 Å². The minimum atomic E-state index is -1.07. The zero-order valence-corrected chi connectivity index (χ0v) is 11.6. The molecule has 20 heavy (non-hydrogen) atoms. The lowest BCUT2D eigenvalue weighted by molar-refractivity contribution is -0.147. The first-order chi connectivity index (χ1) is 9.58. The first kappa shape index (κ1) is 14.8. The topological polar surface area (TPSA) is 58.6 Å². The van der Waals surface area contributed by atoms with E-state index < -0.39 is 17.3 Å². The molecule has 0 spiro atoms. The van der Waals surface area contributed by atoms with Crippen molar-refractivity contribution in [3.05, 3.63) is 30.1 Å². The monoisotopic (exact) mass is 281 g/mol. The van der Waals surface area contributed by atoms with Crippen LogP contribution in [0.25, 0.3) is 0 Å². The van der Waals surface area contributed by atoms with Gasteiger partial charge in [-0.15, -0.1) is 0 Å². The van der Waals surface area contributed by atoms with Crippen molar-refractivity contribution < 1.29 is 19.0 Å². The second-order valence-corrected chi connectivity index (χ2v) is 5.22. The van der Waals surface area contributed by atoms with Crippen molar-refractivity contribution in [3.8, 4) is 5.75 Å². The molecule has 1 aromatic rings. The molecule has 1 aromatic carbocycles. The number of carboxylic acid groups (broad SMARTS) is 1. The summed E-state index contributed by atoms with van der Waals surface area (Å²) in [5, 5.41) is 12.7. The van der Waals surface area contributed by atoms with Gasteiger partial charge in [0.15, 0.2) is 5.54 Å². The van der Waals surface area contributed by atoms with Crippen molar-refractivity contribution in [1.29, 1.82) is 0 Å². The Bertz CT molecular complexity index is 476. The van der Waals surface area contributed by atoms with E-state index in [1.54, 1.807) is 12.1 Å². The third kappa shape index (κ3) is 3.28. The second kappa shape index (κ2) is 6.22. The van der Waals surface area contributed by atoms with Crippen LogP contribution in [0.1, 0.15) is 26.2 Å². The summed E-state index contributed by atoms with van der Waals surface area (Å²) in [4.78, 5) is 11.7. The molecule has 110 valence electrons. The number of carbonyl (C=O) groups is 1. The SMILES string of the molecule is CCCNC(COc1cccc(F)c1)(C(=O)O)C1CC1. The summed E-state index contributed by atoms with van der Waals surface area (Å²) >= 11 is 0. The predicted molar refractivity (Wildman–Crippen MR) is 73.3 cm³/mol. The van der Waals surface area contributed by atoms with Crippen LogP contribution in [0, 0.1) is 11.7 Å². The predicted octanol–water partition coefficient (Wildman–Crippen LogP) is 2.44. The van der Waals surface area contributed by atoms with Gasteiger partial charge in [-0.05, 0) is 43.9 Å². The van der Waals surface area contributed by atoms with Gasteiger partial charge in [0.1, 0.15) is 18.2 Å². The fraction of sp³-hybridized carbons (Fsp3) is 0.533. The van der Waals surface area contributed by atoms with Gasteiger partial charge in [-0.2, -0.15) is 0 Å². The van der Waals surface area contributed by atoms with E-state index in [2.05, 4.69) is 5.32 Å². The van der Waals surface area contributed by atoms with Gasteiger partial charge < -0.3 is 9.84 Å². The highest BCUT2D eigenvalue weighted by molar-refractivity contribution is 5.80. The third-order valence-electron chi connectivity index (χ3n) is 3.61. The van der Waals surface area contributed by atoms with Gasteiger partial charge >= 0.3 is 5.97 Å². The van der Waals surface area contributed by atoms with Gasteiger partial charge in [0, 0.05) is 6.07 Å². The van der Waals surface area contributed by atoms with E-state index in [-0.39, 0.29) is 12.5 Å². The first-order valence-electron chi connectivity index (χ1n) is 6.95. The van der Waals surface area contributed by atoms with Crippen molar-refractivity contribution in [2.75, 3.05) is 13.2 Å². The standard InChI is InChI=1S/C15H20FNO3/c1-2-8-17-15(14(18)19,11-6-7-11)10-20-13-5-3-4-12(16)9-13/h3-5,9,11,17H,2,6-8,10H2,1H3,(H,18,19). The maximum absolute atomic E-state index is 13.1. The molecular formula is C15H20FNO3. The summed E-state index contributed by atoms with van der Waals surface area (Å²) in [6.45, 7) is 2.62. The number of halogens is 1. The second-order valence-electron chi connectivity index (χ2n) is 5.22. The molecule has 0 aromatic heterocycles. The van der Waals surface area contributed by atoms with Crippen molar-refractivity contribution >= 4 is 5.97 Å². The van der Waals surface area contributed by atoms with Crippen molar-refractivity contribution in [2.24, 2.45) is 5.92 Å². The van der Waals surface area contributed by atoms with Crippen LogP contribution in [0.15, 0.2) is 24.3 Å². The highest BCUT2D eigenvalue weighted by Gasteiger charge is 2.51. The Morgan fingerprint density at radius 2 is 2.30 bits per heavy atom. The first-order valence-corrected chi connectivity index (χ1v) is 6.95. The van der Waals surface area contributed by atoms with Crippen LogP contribution in [0.3, 0.4) is 0 Å². The summed E-state index contributed by atoms with van der Waals surface area (Å²) < 4.78 is 18.6. The van der Waals surface area contributed by atoms with Crippen LogP contribution in [-0.4, -0.2) is 29.8 Å². The lowest BCUT2D eigenvalue weighted by Crippen LogP contribution is -2.58. The number of nitrogens with one attached hydrogen (secondary N) is 1. The normalized spacial score (nSPS) is 17.5. The van der Waals surface area contributed by atoms with E-state index >= 15 is 0 Å². The molecule has 4 nitrogen and oxygen atoms in total. The smallest absolute Gasteiger partial charge is 0.327 e. The van der Waals surface area contributed by atoms with Gasteiger partial charge in [0.25, 0.3) is 0 Å². The number of hydrogen-bond donors (Lipinski definition) is 2. The summed E-state index contributed by atoms with van der Waals surface area (Å²) in [5.41, 5.74) is -1.07. The van der Waals surface area contributed by atoms with Crippen LogP contribution < -0.4 is 10.1 Å². The fourth-order valence-electron chi connectivity index (χ4n) is 2.30. The Labute approximate surface area is 117 Å². The largest absolute Gasteiger partial charge is 0.491 e. The Kier molecular flexibility index (Phi) is 4.60. The molecule has 1 saturated carbocycles. The van der Waals surface area contributed by atoms with Crippen LogP contribution in [0.5, 0.6) is 5.75 Å². The van der Waals surface area contributed by atoms with Gasteiger partial charge in [0.2, 0.25) is 0 Å². The van der Waals surface area contributed by atoms with Gasteiger partial charge in [-0.1, -0.05) is 13.0 Å². The number of rotatable bonds is 8. The van der Waals surface area contributed by atoms with Gasteiger partial charge in [0.05, 0.1) is 0 Å². The fourth-order valence-corrected chi connectivity index (χ4v) is 2.30. The maximum atomic E-state index is 13.1. The molecule has 0 bridgehead atoms. The number of carboxylic acids is 1. The molecule has 0 heterocycles. The molecule has 1 aliphatic carbocycles. The minimum Gasteiger partial charge on any atom is -0.491 e. The molecule has 1 atom stereocenters. The molecule has 0 amide bonds. The number of hydrogen-bond acceptors (Lipinski definition) is 3. The zero-order chi connectivity index (χ0) is 14.6. The van der Waals surface area contributed by atoms with Crippen LogP contribution >= 0.6 is 0 Å². The van der Waals surface area contributed by atoms with Crippen LogP contribution in [0.2, 0.25) is 0 Å². The average Bonchev–Trinajstić information content (AvgIpc) is 3.24. The molecule has 2 rings (SSSR count). The number of benzene rings is 1. The molecular weight excluding hydrogens is 261 g/mol. The minimum absolute atomic E-state index is 0.0104. The quantitative estimate of drug-likeness (QED) is 0.768. The summed E-state index contributed by atoms with van der Waals surface area (Å²) in [7, 11) is 0.